The van der Waals surface area contributed by atoms with E-state index in [2.05, 4.69) is 44.5 Å². The molecule has 1 unspecified atom stereocenters. The second-order valence-corrected chi connectivity index (χ2v) is 7.03. The molecule has 1 fully saturated rings. The van der Waals surface area contributed by atoms with E-state index in [0.29, 0.717) is 12.6 Å². The van der Waals surface area contributed by atoms with Crippen molar-refractivity contribution in [3.8, 4) is 5.75 Å². The lowest BCUT2D eigenvalue weighted by Gasteiger charge is -2.24. The maximum atomic E-state index is 5.81. The van der Waals surface area contributed by atoms with Crippen LogP contribution in [0.5, 0.6) is 5.75 Å². The van der Waals surface area contributed by atoms with Gasteiger partial charge in [-0.15, -0.1) is 24.0 Å². The molecule has 1 aromatic rings. The highest BCUT2D eigenvalue weighted by atomic mass is 127. The normalized spacial score (nSPS) is 17.7. The summed E-state index contributed by atoms with van der Waals surface area (Å²) in [7, 11) is 5.92. The van der Waals surface area contributed by atoms with E-state index in [-0.39, 0.29) is 24.0 Å². The third-order valence-electron chi connectivity index (χ3n) is 4.80. The van der Waals surface area contributed by atoms with Gasteiger partial charge in [0, 0.05) is 32.7 Å². The lowest BCUT2D eigenvalue weighted by Crippen LogP contribution is -2.44. The Kier molecular flexibility index (Phi) is 11.7. The molecule has 1 aromatic carbocycles. The standard InChI is InChI=1S/C20H35N5O.HI/c1-5-25-11-7-9-18(25)16-23-20(21-2)22-15-17-8-6-10-19(14-17)26-13-12-24(3)4;/h6,8,10,14,18H,5,7,9,11-13,15-16H2,1-4H3,(H2,21,22,23);1H. The maximum Gasteiger partial charge on any atom is 0.191 e. The minimum absolute atomic E-state index is 0. The van der Waals surface area contributed by atoms with Crippen LogP contribution in [0.25, 0.3) is 0 Å². The van der Waals surface area contributed by atoms with Gasteiger partial charge < -0.3 is 20.3 Å². The van der Waals surface area contributed by atoms with E-state index >= 15 is 0 Å². The Hall–Kier alpha value is -1.06. The molecular weight excluding hydrogens is 453 g/mol. The fourth-order valence-electron chi connectivity index (χ4n) is 3.25. The molecule has 2 rings (SSSR count). The molecule has 27 heavy (non-hydrogen) atoms. The molecule has 0 saturated carbocycles. The number of rotatable bonds is 9. The molecule has 1 atom stereocenters. The summed E-state index contributed by atoms with van der Waals surface area (Å²) in [5.74, 6) is 1.77. The molecule has 0 bridgehead atoms. The molecule has 0 aliphatic carbocycles. The first-order valence-electron chi connectivity index (χ1n) is 9.67. The Morgan fingerprint density at radius 1 is 1.33 bits per heavy atom. The van der Waals surface area contributed by atoms with Crippen molar-refractivity contribution in [2.24, 2.45) is 4.99 Å². The van der Waals surface area contributed by atoms with Crippen molar-refractivity contribution in [3.05, 3.63) is 29.8 Å². The van der Waals surface area contributed by atoms with Gasteiger partial charge in [-0.25, -0.2) is 0 Å². The van der Waals surface area contributed by atoms with E-state index in [1.807, 2.05) is 33.3 Å². The molecule has 154 valence electrons. The van der Waals surface area contributed by atoms with Crippen LogP contribution >= 0.6 is 24.0 Å². The van der Waals surface area contributed by atoms with Crippen LogP contribution in [-0.4, -0.2) is 75.7 Å². The summed E-state index contributed by atoms with van der Waals surface area (Å²) in [5.41, 5.74) is 1.19. The Labute approximate surface area is 181 Å². The lowest BCUT2D eigenvalue weighted by molar-refractivity contribution is 0.261. The summed E-state index contributed by atoms with van der Waals surface area (Å²) < 4.78 is 5.81. The van der Waals surface area contributed by atoms with Crippen LogP contribution in [0.1, 0.15) is 25.3 Å². The van der Waals surface area contributed by atoms with Crippen molar-refractivity contribution in [2.75, 3.05) is 53.9 Å². The second kappa shape index (κ2) is 13.2. The van der Waals surface area contributed by atoms with Gasteiger partial charge in [0.15, 0.2) is 5.96 Å². The van der Waals surface area contributed by atoms with Gasteiger partial charge in [0.2, 0.25) is 0 Å². The molecule has 1 aliphatic rings. The number of nitrogens with one attached hydrogen (secondary N) is 2. The zero-order valence-electron chi connectivity index (χ0n) is 17.2. The highest BCUT2D eigenvalue weighted by Crippen LogP contribution is 2.15. The molecule has 0 amide bonds. The van der Waals surface area contributed by atoms with Crippen molar-refractivity contribution in [3.63, 3.8) is 0 Å². The third-order valence-corrected chi connectivity index (χ3v) is 4.80. The van der Waals surface area contributed by atoms with E-state index in [1.54, 1.807) is 0 Å². The van der Waals surface area contributed by atoms with E-state index < -0.39 is 0 Å². The van der Waals surface area contributed by atoms with Crippen LogP contribution < -0.4 is 15.4 Å². The number of nitrogens with zero attached hydrogens (tertiary/aromatic N) is 3. The molecule has 0 aromatic heterocycles. The first kappa shape index (κ1) is 24.0. The van der Waals surface area contributed by atoms with Crippen LogP contribution in [0.3, 0.4) is 0 Å². The summed E-state index contributed by atoms with van der Waals surface area (Å²) in [6.07, 6.45) is 2.57. The van der Waals surface area contributed by atoms with Crippen LogP contribution in [-0.2, 0) is 6.54 Å². The molecule has 1 aliphatic heterocycles. The largest absolute Gasteiger partial charge is 0.492 e. The van der Waals surface area contributed by atoms with Crippen molar-refractivity contribution < 1.29 is 4.74 Å². The number of hydrogen-bond donors (Lipinski definition) is 2. The van der Waals surface area contributed by atoms with Crippen molar-refractivity contribution in [1.82, 2.24) is 20.4 Å². The van der Waals surface area contributed by atoms with Crippen molar-refractivity contribution in [1.29, 1.82) is 0 Å². The number of guanidine groups is 1. The average molecular weight is 489 g/mol. The van der Waals surface area contributed by atoms with Gasteiger partial charge in [0.05, 0.1) is 0 Å². The minimum atomic E-state index is 0. The van der Waals surface area contributed by atoms with Gasteiger partial charge in [-0.3, -0.25) is 9.89 Å². The van der Waals surface area contributed by atoms with Crippen molar-refractivity contribution >= 4 is 29.9 Å². The Morgan fingerprint density at radius 2 is 2.15 bits per heavy atom. The molecule has 0 spiro atoms. The number of benzene rings is 1. The summed E-state index contributed by atoms with van der Waals surface area (Å²) in [6, 6.07) is 8.86. The van der Waals surface area contributed by atoms with Gasteiger partial charge in [0.1, 0.15) is 12.4 Å². The topological polar surface area (TPSA) is 52.1 Å². The smallest absolute Gasteiger partial charge is 0.191 e. The molecule has 0 radical (unpaired) electrons. The summed E-state index contributed by atoms with van der Waals surface area (Å²) in [6.45, 7) is 7.86. The minimum Gasteiger partial charge on any atom is -0.492 e. The fourth-order valence-corrected chi connectivity index (χ4v) is 3.25. The van der Waals surface area contributed by atoms with E-state index in [1.165, 1.54) is 24.9 Å². The molecule has 6 nitrogen and oxygen atoms in total. The summed E-state index contributed by atoms with van der Waals surface area (Å²) in [4.78, 5) is 9.00. The molecule has 7 heteroatoms. The number of aliphatic imine (C=N–C) groups is 1. The van der Waals surface area contributed by atoms with Gasteiger partial charge >= 0.3 is 0 Å². The maximum absolute atomic E-state index is 5.81. The molecular formula is C20H36IN5O. The molecule has 2 N–H and O–H groups in total. The number of likely N-dealkylation sites (N-methyl/N-ethyl adjacent to an activating group) is 2. The Balaban J connectivity index is 0.00000364. The van der Waals surface area contributed by atoms with Gasteiger partial charge in [-0.05, 0) is 57.7 Å². The van der Waals surface area contributed by atoms with Crippen LogP contribution in [0, 0.1) is 0 Å². The molecule has 1 saturated heterocycles. The average Bonchev–Trinajstić information content (AvgIpc) is 3.09. The van der Waals surface area contributed by atoms with Crippen LogP contribution in [0.15, 0.2) is 29.3 Å². The summed E-state index contributed by atoms with van der Waals surface area (Å²) >= 11 is 0. The second-order valence-electron chi connectivity index (χ2n) is 7.03. The van der Waals surface area contributed by atoms with Gasteiger partial charge in [-0.2, -0.15) is 0 Å². The first-order valence-corrected chi connectivity index (χ1v) is 9.67. The number of ether oxygens (including phenoxy) is 1. The van der Waals surface area contributed by atoms with Gasteiger partial charge in [0.25, 0.3) is 0 Å². The number of hydrogen-bond acceptors (Lipinski definition) is 4. The van der Waals surface area contributed by atoms with Crippen molar-refractivity contribution in [2.45, 2.75) is 32.4 Å². The Bertz CT molecular complexity index is 567. The molecule has 1 heterocycles. The zero-order chi connectivity index (χ0) is 18.8. The van der Waals surface area contributed by atoms with E-state index in [0.717, 1.165) is 37.9 Å². The highest BCUT2D eigenvalue weighted by Gasteiger charge is 2.22. The predicted molar refractivity (Wildman–Crippen MR) is 124 cm³/mol. The highest BCUT2D eigenvalue weighted by molar-refractivity contribution is 14.0. The number of likely N-dealkylation sites (tertiary alicyclic amines) is 1. The lowest BCUT2D eigenvalue weighted by atomic mass is 10.2. The SMILES string of the molecule is CCN1CCCC1CNC(=NC)NCc1cccc(OCCN(C)C)c1.I. The third kappa shape index (κ3) is 8.66. The van der Waals surface area contributed by atoms with Crippen LogP contribution in [0.4, 0.5) is 0 Å². The monoisotopic (exact) mass is 489 g/mol. The van der Waals surface area contributed by atoms with Crippen LogP contribution in [0.2, 0.25) is 0 Å². The quantitative estimate of drug-likeness (QED) is 0.317. The summed E-state index contributed by atoms with van der Waals surface area (Å²) in [5, 5.41) is 6.87. The Morgan fingerprint density at radius 3 is 2.85 bits per heavy atom. The number of halogens is 1. The zero-order valence-corrected chi connectivity index (χ0v) is 19.5. The van der Waals surface area contributed by atoms with Gasteiger partial charge in [-0.1, -0.05) is 19.1 Å². The predicted octanol–water partition coefficient (Wildman–Crippen LogP) is 2.39. The fraction of sp³-hybridized carbons (Fsp3) is 0.650. The first-order chi connectivity index (χ1) is 12.6. The van der Waals surface area contributed by atoms with E-state index in [9.17, 15) is 0 Å². The van der Waals surface area contributed by atoms with E-state index in [4.69, 9.17) is 4.74 Å².